The van der Waals surface area contributed by atoms with Crippen molar-refractivity contribution in [2.75, 3.05) is 6.54 Å². The highest BCUT2D eigenvalue weighted by molar-refractivity contribution is 5.80. The molecule has 1 fully saturated rings. The third-order valence-corrected chi connectivity index (χ3v) is 2.77. The molecule has 0 aromatic carbocycles. The second kappa shape index (κ2) is 5.91. The molecule has 0 aromatic rings. The van der Waals surface area contributed by atoms with Crippen LogP contribution in [0.2, 0.25) is 0 Å². The van der Waals surface area contributed by atoms with Gasteiger partial charge >= 0.3 is 5.97 Å². The molecule has 0 radical (unpaired) electrons. The molecule has 0 bridgehead atoms. The van der Waals surface area contributed by atoms with E-state index in [2.05, 4.69) is 19.2 Å². The normalized spacial score (nSPS) is 21.8. The molecule has 0 aliphatic heterocycles. The Balaban J connectivity index is 2.27. The van der Waals surface area contributed by atoms with Crippen molar-refractivity contribution in [1.82, 2.24) is 5.32 Å². The molecule has 0 heterocycles. The second-order valence-corrected chi connectivity index (χ2v) is 4.72. The van der Waals surface area contributed by atoms with Crippen LogP contribution in [0.4, 0.5) is 0 Å². The molecule has 1 rings (SSSR count). The average Bonchev–Trinajstić information content (AvgIpc) is 2.16. The third kappa shape index (κ3) is 4.98. The zero-order valence-corrected chi connectivity index (χ0v) is 9.62. The van der Waals surface area contributed by atoms with Gasteiger partial charge in [0.2, 0.25) is 0 Å². The summed E-state index contributed by atoms with van der Waals surface area (Å²) >= 11 is 0. The zero-order chi connectivity index (χ0) is 11.3. The molecule has 1 aliphatic rings. The Hall–Kier alpha value is -0.830. The number of allylic oxidation sites excluding steroid dienone is 1. The van der Waals surface area contributed by atoms with Gasteiger partial charge < -0.3 is 10.4 Å². The smallest absolute Gasteiger partial charge is 0.328 e. The monoisotopic (exact) mass is 211 g/mol. The third-order valence-electron chi connectivity index (χ3n) is 2.77. The van der Waals surface area contributed by atoms with Crippen LogP contribution in [0.1, 0.15) is 39.5 Å². The Morgan fingerprint density at radius 1 is 1.53 bits per heavy atom. The quantitative estimate of drug-likeness (QED) is 0.701. The summed E-state index contributed by atoms with van der Waals surface area (Å²) in [5.41, 5.74) is 1.09. The standard InChI is InChI=1S/C12H21NO2/c1-9(2)8-13-11-5-3-10(4-6-11)7-12(14)15/h7,9,11,13H,3-6,8H2,1-2H3,(H,14,15). The van der Waals surface area contributed by atoms with Gasteiger partial charge in [0.1, 0.15) is 0 Å². The average molecular weight is 211 g/mol. The maximum Gasteiger partial charge on any atom is 0.328 e. The number of carboxylic acids is 1. The lowest BCUT2D eigenvalue weighted by Gasteiger charge is -2.25. The van der Waals surface area contributed by atoms with Crippen molar-refractivity contribution in [3.63, 3.8) is 0 Å². The fourth-order valence-electron chi connectivity index (χ4n) is 1.91. The molecule has 0 saturated heterocycles. The Bertz CT molecular complexity index is 236. The number of hydrogen-bond donors (Lipinski definition) is 2. The van der Waals surface area contributed by atoms with Crippen LogP contribution in [0, 0.1) is 5.92 Å². The van der Waals surface area contributed by atoms with E-state index in [4.69, 9.17) is 5.11 Å². The molecule has 86 valence electrons. The summed E-state index contributed by atoms with van der Waals surface area (Å²) in [6.45, 7) is 5.46. The maximum absolute atomic E-state index is 10.5. The van der Waals surface area contributed by atoms with Crippen molar-refractivity contribution in [2.24, 2.45) is 5.92 Å². The van der Waals surface area contributed by atoms with Crippen LogP contribution in [0.15, 0.2) is 11.6 Å². The van der Waals surface area contributed by atoms with Crippen molar-refractivity contribution in [2.45, 2.75) is 45.6 Å². The molecule has 0 unspecified atom stereocenters. The van der Waals surface area contributed by atoms with Gasteiger partial charge in [0.25, 0.3) is 0 Å². The summed E-state index contributed by atoms with van der Waals surface area (Å²) in [7, 11) is 0. The molecule has 0 atom stereocenters. The summed E-state index contributed by atoms with van der Waals surface area (Å²) in [6.07, 6.45) is 5.39. The lowest BCUT2D eigenvalue weighted by molar-refractivity contribution is -0.131. The van der Waals surface area contributed by atoms with E-state index >= 15 is 0 Å². The number of aliphatic carboxylic acids is 1. The zero-order valence-electron chi connectivity index (χ0n) is 9.62. The highest BCUT2D eigenvalue weighted by Gasteiger charge is 2.16. The highest BCUT2D eigenvalue weighted by atomic mass is 16.4. The Morgan fingerprint density at radius 2 is 2.13 bits per heavy atom. The maximum atomic E-state index is 10.5. The summed E-state index contributed by atoms with van der Waals surface area (Å²) < 4.78 is 0. The van der Waals surface area contributed by atoms with E-state index in [0.717, 1.165) is 37.8 Å². The first kappa shape index (κ1) is 12.2. The van der Waals surface area contributed by atoms with Crippen LogP contribution < -0.4 is 5.32 Å². The lowest BCUT2D eigenvalue weighted by atomic mass is 9.90. The first-order valence-electron chi connectivity index (χ1n) is 5.73. The van der Waals surface area contributed by atoms with E-state index < -0.39 is 5.97 Å². The number of carbonyl (C=O) groups is 1. The largest absolute Gasteiger partial charge is 0.478 e. The van der Waals surface area contributed by atoms with Crippen molar-refractivity contribution in [1.29, 1.82) is 0 Å². The first-order chi connectivity index (χ1) is 7.08. The van der Waals surface area contributed by atoms with Gasteiger partial charge in [-0.05, 0) is 38.1 Å². The fourth-order valence-corrected chi connectivity index (χ4v) is 1.91. The van der Waals surface area contributed by atoms with Crippen LogP contribution in [0.3, 0.4) is 0 Å². The Morgan fingerprint density at radius 3 is 2.60 bits per heavy atom. The molecule has 3 nitrogen and oxygen atoms in total. The first-order valence-corrected chi connectivity index (χ1v) is 5.73. The van der Waals surface area contributed by atoms with Crippen molar-refractivity contribution in [3.8, 4) is 0 Å². The molecule has 1 saturated carbocycles. The van der Waals surface area contributed by atoms with Crippen LogP contribution in [-0.2, 0) is 4.79 Å². The summed E-state index contributed by atoms with van der Waals surface area (Å²) in [5.74, 6) is -0.125. The highest BCUT2D eigenvalue weighted by Crippen LogP contribution is 2.23. The number of carboxylic acid groups (broad SMARTS) is 1. The minimum atomic E-state index is -0.807. The predicted molar refractivity (Wildman–Crippen MR) is 60.8 cm³/mol. The van der Waals surface area contributed by atoms with Gasteiger partial charge in [0, 0.05) is 12.1 Å². The van der Waals surface area contributed by atoms with Gasteiger partial charge in [-0.3, -0.25) is 0 Å². The summed E-state index contributed by atoms with van der Waals surface area (Å²) in [5, 5.41) is 12.1. The molecule has 2 N–H and O–H groups in total. The molecule has 0 spiro atoms. The molecule has 3 heteroatoms. The van der Waals surface area contributed by atoms with E-state index in [0.29, 0.717) is 12.0 Å². The summed E-state index contributed by atoms with van der Waals surface area (Å²) in [6, 6.07) is 0.582. The molecule has 15 heavy (non-hydrogen) atoms. The molecule has 0 aromatic heterocycles. The van der Waals surface area contributed by atoms with Crippen LogP contribution in [-0.4, -0.2) is 23.7 Å². The Kier molecular flexibility index (Phi) is 4.82. The molecule has 1 aliphatic carbocycles. The molecular formula is C12H21NO2. The predicted octanol–water partition coefficient (Wildman–Crippen LogP) is 2.19. The topological polar surface area (TPSA) is 49.3 Å². The minimum Gasteiger partial charge on any atom is -0.478 e. The van der Waals surface area contributed by atoms with Crippen LogP contribution in [0.5, 0.6) is 0 Å². The van der Waals surface area contributed by atoms with Crippen LogP contribution in [0.25, 0.3) is 0 Å². The van der Waals surface area contributed by atoms with E-state index in [1.165, 1.54) is 6.08 Å². The van der Waals surface area contributed by atoms with E-state index in [1.807, 2.05) is 0 Å². The van der Waals surface area contributed by atoms with E-state index in [9.17, 15) is 4.79 Å². The van der Waals surface area contributed by atoms with Crippen molar-refractivity contribution in [3.05, 3.63) is 11.6 Å². The van der Waals surface area contributed by atoms with Gasteiger partial charge in [0.05, 0.1) is 0 Å². The lowest BCUT2D eigenvalue weighted by Crippen LogP contribution is -2.34. The van der Waals surface area contributed by atoms with Gasteiger partial charge in [-0.25, -0.2) is 4.79 Å². The van der Waals surface area contributed by atoms with Gasteiger partial charge in [-0.15, -0.1) is 0 Å². The van der Waals surface area contributed by atoms with E-state index in [-0.39, 0.29) is 0 Å². The van der Waals surface area contributed by atoms with Gasteiger partial charge in [-0.2, -0.15) is 0 Å². The Labute approximate surface area is 91.6 Å². The van der Waals surface area contributed by atoms with E-state index in [1.54, 1.807) is 0 Å². The molecular weight excluding hydrogens is 190 g/mol. The number of nitrogens with one attached hydrogen (secondary N) is 1. The summed E-state index contributed by atoms with van der Waals surface area (Å²) in [4.78, 5) is 10.5. The number of rotatable bonds is 4. The number of hydrogen-bond acceptors (Lipinski definition) is 2. The van der Waals surface area contributed by atoms with Gasteiger partial charge in [-0.1, -0.05) is 19.4 Å². The van der Waals surface area contributed by atoms with Crippen molar-refractivity contribution < 1.29 is 9.90 Å². The minimum absolute atomic E-state index is 0.582. The fraction of sp³-hybridized carbons (Fsp3) is 0.750. The van der Waals surface area contributed by atoms with Gasteiger partial charge in [0.15, 0.2) is 0 Å². The molecule has 0 amide bonds. The van der Waals surface area contributed by atoms with Crippen molar-refractivity contribution >= 4 is 5.97 Å². The second-order valence-electron chi connectivity index (χ2n) is 4.72. The SMILES string of the molecule is CC(C)CNC1CCC(=CC(=O)O)CC1. The van der Waals surface area contributed by atoms with Crippen LogP contribution >= 0.6 is 0 Å².